The average molecular weight is 148 g/mol. The number of aromatic nitrogens is 2. The first kappa shape index (κ1) is 6.37. The molecule has 2 aromatic rings. The topological polar surface area (TPSA) is 37.5 Å². The highest BCUT2D eigenvalue weighted by molar-refractivity contribution is 5.39. The third-order valence-corrected chi connectivity index (χ3v) is 1.67. The van der Waals surface area contributed by atoms with Crippen LogP contribution in [0.2, 0.25) is 0 Å². The third-order valence-electron chi connectivity index (χ3n) is 1.67. The molecule has 2 rings (SSSR count). The lowest BCUT2D eigenvalue weighted by molar-refractivity contribution is 0.275. The number of nitrogens with zero attached hydrogens (tertiary/aromatic N) is 2. The van der Waals surface area contributed by atoms with Gasteiger partial charge in [-0.15, -0.1) is 0 Å². The Kier molecular flexibility index (Phi) is 1.36. The van der Waals surface area contributed by atoms with Crippen LogP contribution in [-0.4, -0.2) is 14.5 Å². The second-order valence-corrected chi connectivity index (χ2v) is 2.33. The van der Waals surface area contributed by atoms with E-state index in [1.54, 1.807) is 6.20 Å². The zero-order valence-corrected chi connectivity index (χ0v) is 5.94. The molecule has 1 N–H and O–H groups in total. The van der Waals surface area contributed by atoms with Crippen LogP contribution in [0.4, 0.5) is 0 Å². The Morgan fingerprint density at radius 1 is 1.45 bits per heavy atom. The molecule has 56 valence electrons. The van der Waals surface area contributed by atoms with Gasteiger partial charge in [-0.2, -0.15) is 0 Å². The smallest absolute Gasteiger partial charge is 0.136 e. The first-order chi connectivity index (χ1) is 5.42. The number of imidazole rings is 1. The molecule has 0 radical (unpaired) electrons. The molecule has 0 saturated heterocycles. The van der Waals surface area contributed by atoms with Crippen LogP contribution in [0, 0.1) is 0 Å². The van der Waals surface area contributed by atoms with Gasteiger partial charge in [-0.3, -0.25) is 0 Å². The maximum Gasteiger partial charge on any atom is 0.136 e. The molecular weight excluding hydrogens is 140 g/mol. The zero-order valence-electron chi connectivity index (χ0n) is 5.94. The molecule has 0 aromatic carbocycles. The molecule has 0 bridgehead atoms. The van der Waals surface area contributed by atoms with E-state index in [0.717, 1.165) is 11.3 Å². The van der Waals surface area contributed by atoms with Crippen LogP contribution >= 0.6 is 0 Å². The van der Waals surface area contributed by atoms with Crippen LogP contribution in [0.25, 0.3) is 5.65 Å². The second kappa shape index (κ2) is 2.36. The highest BCUT2D eigenvalue weighted by atomic mass is 16.3. The summed E-state index contributed by atoms with van der Waals surface area (Å²) in [6, 6.07) is 5.65. The molecule has 0 amide bonds. The van der Waals surface area contributed by atoms with Gasteiger partial charge in [0, 0.05) is 18.1 Å². The Morgan fingerprint density at radius 3 is 3.18 bits per heavy atom. The quantitative estimate of drug-likeness (QED) is 0.650. The molecule has 0 aliphatic heterocycles. The fourth-order valence-electron chi connectivity index (χ4n) is 1.14. The minimum Gasteiger partial charge on any atom is -0.390 e. The van der Waals surface area contributed by atoms with E-state index >= 15 is 0 Å². The maximum atomic E-state index is 8.91. The SMILES string of the molecule is OCc1cccc2nccn12. The highest BCUT2D eigenvalue weighted by Gasteiger charge is 1.96. The lowest BCUT2D eigenvalue weighted by Crippen LogP contribution is -1.93. The average Bonchev–Trinajstić information content (AvgIpc) is 2.50. The van der Waals surface area contributed by atoms with Gasteiger partial charge in [0.2, 0.25) is 0 Å². The summed E-state index contributed by atoms with van der Waals surface area (Å²) >= 11 is 0. The van der Waals surface area contributed by atoms with Crippen LogP contribution in [0.5, 0.6) is 0 Å². The number of pyridine rings is 1. The predicted octanol–water partition coefficient (Wildman–Crippen LogP) is 0.827. The Labute approximate surface area is 63.9 Å². The predicted molar refractivity (Wildman–Crippen MR) is 41.1 cm³/mol. The van der Waals surface area contributed by atoms with E-state index in [4.69, 9.17) is 5.11 Å². The third kappa shape index (κ3) is 0.897. The molecule has 0 atom stereocenters. The van der Waals surface area contributed by atoms with Crippen molar-refractivity contribution in [1.29, 1.82) is 0 Å². The van der Waals surface area contributed by atoms with Crippen LogP contribution in [0.1, 0.15) is 5.69 Å². The number of hydrogen-bond donors (Lipinski definition) is 1. The van der Waals surface area contributed by atoms with Crippen molar-refractivity contribution in [1.82, 2.24) is 9.38 Å². The van der Waals surface area contributed by atoms with Crippen molar-refractivity contribution >= 4 is 5.65 Å². The number of aliphatic hydroxyl groups is 1. The Bertz CT molecular complexity index is 367. The van der Waals surface area contributed by atoms with Gasteiger partial charge in [0.15, 0.2) is 0 Å². The van der Waals surface area contributed by atoms with Crippen LogP contribution in [-0.2, 0) is 6.61 Å². The molecule has 0 spiro atoms. The van der Waals surface area contributed by atoms with Gasteiger partial charge in [0.1, 0.15) is 5.65 Å². The summed E-state index contributed by atoms with van der Waals surface area (Å²) in [5.41, 5.74) is 1.73. The van der Waals surface area contributed by atoms with Crippen LogP contribution in [0.3, 0.4) is 0 Å². The summed E-state index contributed by atoms with van der Waals surface area (Å²) in [5.74, 6) is 0. The molecule has 0 aliphatic rings. The molecular formula is C8H8N2O. The number of rotatable bonds is 1. The molecule has 0 fully saturated rings. The molecule has 0 unspecified atom stereocenters. The highest BCUT2D eigenvalue weighted by Crippen LogP contribution is 2.04. The van der Waals surface area contributed by atoms with Crippen molar-refractivity contribution in [2.75, 3.05) is 0 Å². The van der Waals surface area contributed by atoms with E-state index in [1.165, 1.54) is 0 Å². The fraction of sp³-hybridized carbons (Fsp3) is 0.125. The van der Waals surface area contributed by atoms with Gasteiger partial charge < -0.3 is 9.51 Å². The summed E-state index contributed by atoms with van der Waals surface area (Å²) in [5, 5.41) is 8.91. The number of aliphatic hydroxyl groups excluding tert-OH is 1. The minimum absolute atomic E-state index is 0.0493. The molecule has 2 aromatic heterocycles. The lowest BCUT2D eigenvalue weighted by Gasteiger charge is -1.99. The Morgan fingerprint density at radius 2 is 2.36 bits per heavy atom. The van der Waals surface area contributed by atoms with Gasteiger partial charge in [-0.1, -0.05) is 6.07 Å². The number of hydrogen-bond acceptors (Lipinski definition) is 2. The van der Waals surface area contributed by atoms with Gasteiger partial charge in [-0.05, 0) is 12.1 Å². The van der Waals surface area contributed by atoms with Gasteiger partial charge in [0.25, 0.3) is 0 Å². The first-order valence-electron chi connectivity index (χ1n) is 3.43. The molecule has 2 heterocycles. The van der Waals surface area contributed by atoms with Crippen molar-refractivity contribution in [2.45, 2.75) is 6.61 Å². The Balaban J connectivity index is 2.79. The van der Waals surface area contributed by atoms with E-state index in [-0.39, 0.29) is 6.61 Å². The Hall–Kier alpha value is -1.35. The van der Waals surface area contributed by atoms with E-state index in [2.05, 4.69) is 4.98 Å². The normalized spacial score (nSPS) is 10.6. The molecule has 11 heavy (non-hydrogen) atoms. The van der Waals surface area contributed by atoms with E-state index in [9.17, 15) is 0 Å². The minimum atomic E-state index is 0.0493. The largest absolute Gasteiger partial charge is 0.390 e. The van der Waals surface area contributed by atoms with Gasteiger partial charge >= 0.3 is 0 Å². The van der Waals surface area contributed by atoms with Crippen molar-refractivity contribution in [2.24, 2.45) is 0 Å². The van der Waals surface area contributed by atoms with Crippen molar-refractivity contribution in [3.8, 4) is 0 Å². The summed E-state index contributed by atoms with van der Waals surface area (Å²) < 4.78 is 1.86. The molecule has 0 aliphatic carbocycles. The van der Waals surface area contributed by atoms with E-state index in [0.29, 0.717) is 0 Å². The van der Waals surface area contributed by atoms with E-state index < -0.39 is 0 Å². The molecule has 3 heteroatoms. The summed E-state index contributed by atoms with van der Waals surface area (Å²) in [7, 11) is 0. The second-order valence-electron chi connectivity index (χ2n) is 2.33. The van der Waals surface area contributed by atoms with Crippen molar-refractivity contribution in [3.05, 3.63) is 36.3 Å². The monoisotopic (exact) mass is 148 g/mol. The van der Waals surface area contributed by atoms with E-state index in [1.807, 2.05) is 28.8 Å². The van der Waals surface area contributed by atoms with Crippen molar-refractivity contribution < 1.29 is 5.11 Å². The fourth-order valence-corrected chi connectivity index (χ4v) is 1.14. The molecule has 3 nitrogen and oxygen atoms in total. The summed E-state index contributed by atoms with van der Waals surface area (Å²) in [6.07, 6.45) is 3.55. The summed E-state index contributed by atoms with van der Waals surface area (Å²) in [4.78, 5) is 4.08. The molecule has 0 saturated carbocycles. The first-order valence-corrected chi connectivity index (χ1v) is 3.43. The lowest BCUT2D eigenvalue weighted by atomic mass is 10.3. The van der Waals surface area contributed by atoms with Gasteiger partial charge in [-0.25, -0.2) is 4.98 Å². The van der Waals surface area contributed by atoms with Crippen molar-refractivity contribution in [3.63, 3.8) is 0 Å². The van der Waals surface area contributed by atoms with Gasteiger partial charge in [0.05, 0.1) is 6.61 Å². The summed E-state index contributed by atoms with van der Waals surface area (Å²) in [6.45, 7) is 0.0493. The standard InChI is InChI=1S/C8H8N2O/c11-6-7-2-1-3-8-9-4-5-10(7)8/h1-5,11H,6H2. The maximum absolute atomic E-state index is 8.91. The number of fused-ring (bicyclic) bond motifs is 1. The van der Waals surface area contributed by atoms with Crippen LogP contribution < -0.4 is 0 Å². The zero-order chi connectivity index (χ0) is 7.68. The van der Waals surface area contributed by atoms with Crippen LogP contribution in [0.15, 0.2) is 30.6 Å².